The summed E-state index contributed by atoms with van der Waals surface area (Å²) in [5.74, 6) is 0. The number of nitrogens with one attached hydrogen (secondary N) is 1. The molecule has 0 fully saturated rings. The summed E-state index contributed by atoms with van der Waals surface area (Å²) in [7, 11) is 1.96. The predicted molar refractivity (Wildman–Crippen MR) is 77.5 cm³/mol. The van der Waals surface area contributed by atoms with E-state index in [1.807, 2.05) is 18.7 Å². The van der Waals surface area contributed by atoms with Crippen LogP contribution < -0.4 is 5.32 Å². The molecule has 3 nitrogen and oxygen atoms in total. The standard InChI is InChI=1S/C15H18ClN3/c1-10-15(16)14(19(2)18-10)9-13-12-6-4-3-5-11(12)7-8-17-13/h3-6,13,17H,7-9H2,1-2H3. The molecule has 2 heterocycles. The van der Waals surface area contributed by atoms with Crippen LogP contribution in [0.2, 0.25) is 5.02 Å². The van der Waals surface area contributed by atoms with Gasteiger partial charge in [-0.1, -0.05) is 35.9 Å². The molecule has 0 aliphatic carbocycles. The zero-order valence-corrected chi connectivity index (χ0v) is 12.0. The van der Waals surface area contributed by atoms with Crippen molar-refractivity contribution in [1.82, 2.24) is 15.1 Å². The van der Waals surface area contributed by atoms with E-state index in [2.05, 4.69) is 34.7 Å². The van der Waals surface area contributed by atoms with Crippen LogP contribution in [0.15, 0.2) is 24.3 Å². The Morgan fingerprint density at radius 2 is 2.21 bits per heavy atom. The highest BCUT2D eigenvalue weighted by molar-refractivity contribution is 6.31. The number of halogens is 1. The van der Waals surface area contributed by atoms with E-state index in [1.54, 1.807) is 0 Å². The van der Waals surface area contributed by atoms with E-state index in [9.17, 15) is 0 Å². The van der Waals surface area contributed by atoms with Crippen molar-refractivity contribution in [3.63, 3.8) is 0 Å². The molecular formula is C15H18ClN3. The lowest BCUT2D eigenvalue weighted by Gasteiger charge is -2.27. The molecule has 100 valence electrons. The second kappa shape index (κ2) is 4.99. The fourth-order valence-corrected chi connectivity index (χ4v) is 3.11. The Bertz CT molecular complexity index is 603. The van der Waals surface area contributed by atoms with Crippen LogP contribution in [0.25, 0.3) is 0 Å². The monoisotopic (exact) mass is 275 g/mol. The van der Waals surface area contributed by atoms with Crippen LogP contribution in [-0.4, -0.2) is 16.3 Å². The highest BCUT2D eigenvalue weighted by Crippen LogP contribution is 2.29. The summed E-state index contributed by atoms with van der Waals surface area (Å²) in [6, 6.07) is 8.98. The maximum Gasteiger partial charge on any atom is 0.0847 e. The smallest absolute Gasteiger partial charge is 0.0847 e. The molecule has 0 saturated heterocycles. The summed E-state index contributed by atoms with van der Waals surface area (Å²) in [5, 5.41) is 8.78. The first-order valence-electron chi connectivity index (χ1n) is 6.66. The Balaban J connectivity index is 1.93. The van der Waals surface area contributed by atoms with Gasteiger partial charge in [-0.25, -0.2) is 0 Å². The van der Waals surface area contributed by atoms with Crippen LogP contribution in [-0.2, 0) is 19.9 Å². The third kappa shape index (κ3) is 2.28. The lowest BCUT2D eigenvalue weighted by Crippen LogP contribution is -2.31. The molecule has 1 aliphatic heterocycles. The first kappa shape index (κ1) is 12.7. The van der Waals surface area contributed by atoms with Gasteiger partial charge in [-0.3, -0.25) is 4.68 Å². The summed E-state index contributed by atoms with van der Waals surface area (Å²) >= 11 is 6.35. The Kier molecular flexibility index (Phi) is 3.33. The molecule has 1 atom stereocenters. The van der Waals surface area contributed by atoms with Crippen molar-refractivity contribution in [2.24, 2.45) is 7.05 Å². The average molecular weight is 276 g/mol. The number of aromatic nitrogens is 2. The van der Waals surface area contributed by atoms with E-state index < -0.39 is 0 Å². The molecule has 0 saturated carbocycles. The first-order chi connectivity index (χ1) is 9.16. The lowest BCUT2D eigenvalue weighted by molar-refractivity contribution is 0.488. The van der Waals surface area contributed by atoms with Crippen LogP contribution in [0.5, 0.6) is 0 Å². The van der Waals surface area contributed by atoms with Gasteiger partial charge in [-0.05, 0) is 31.0 Å². The molecule has 1 aromatic heterocycles. The van der Waals surface area contributed by atoms with Gasteiger partial charge in [0.1, 0.15) is 0 Å². The highest BCUT2D eigenvalue weighted by atomic mass is 35.5. The van der Waals surface area contributed by atoms with E-state index in [0.29, 0.717) is 6.04 Å². The van der Waals surface area contributed by atoms with Crippen LogP contribution in [0, 0.1) is 6.92 Å². The summed E-state index contributed by atoms with van der Waals surface area (Å²) in [5.41, 5.74) is 4.85. The maximum atomic E-state index is 6.35. The third-order valence-corrected chi connectivity index (χ3v) is 4.37. The predicted octanol–water partition coefficient (Wildman–Crippen LogP) is 2.81. The van der Waals surface area contributed by atoms with E-state index >= 15 is 0 Å². The van der Waals surface area contributed by atoms with Gasteiger partial charge in [0, 0.05) is 19.5 Å². The lowest BCUT2D eigenvalue weighted by atomic mass is 9.91. The molecule has 0 bridgehead atoms. The van der Waals surface area contributed by atoms with Crippen molar-refractivity contribution in [3.8, 4) is 0 Å². The molecule has 0 amide bonds. The second-order valence-electron chi connectivity index (χ2n) is 5.13. The fourth-order valence-electron chi connectivity index (χ4n) is 2.87. The average Bonchev–Trinajstić information content (AvgIpc) is 2.66. The Morgan fingerprint density at radius 3 is 2.95 bits per heavy atom. The van der Waals surface area contributed by atoms with Gasteiger partial charge in [0.05, 0.1) is 16.4 Å². The first-order valence-corrected chi connectivity index (χ1v) is 7.03. The number of hydrogen-bond acceptors (Lipinski definition) is 2. The largest absolute Gasteiger partial charge is 0.309 e. The zero-order valence-electron chi connectivity index (χ0n) is 11.3. The number of fused-ring (bicyclic) bond motifs is 1. The maximum absolute atomic E-state index is 6.35. The van der Waals surface area contributed by atoms with Crippen molar-refractivity contribution in [1.29, 1.82) is 0 Å². The summed E-state index contributed by atoms with van der Waals surface area (Å²) < 4.78 is 1.90. The topological polar surface area (TPSA) is 29.9 Å². The summed E-state index contributed by atoms with van der Waals surface area (Å²) in [4.78, 5) is 0. The van der Waals surface area contributed by atoms with Crippen LogP contribution >= 0.6 is 11.6 Å². The van der Waals surface area contributed by atoms with Crippen molar-refractivity contribution < 1.29 is 0 Å². The van der Waals surface area contributed by atoms with Gasteiger partial charge < -0.3 is 5.32 Å². The van der Waals surface area contributed by atoms with E-state index in [-0.39, 0.29) is 0 Å². The Labute approximate surface area is 118 Å². The molecule has 4 heteroatoms. The third-order valence-electron chi connectivity index (χ3n) is 3.87. The van der Waals surface area contributed by atoms with Gasteiger partial charge in [0.2, 0.25) is 0 Å². The molecule has 1 aromatic carbocycles. The fraction of sp³-hybridized carbons (Fsp3) is 0.400. The molecule has 0 radical (unpaired) electrons. The second-order valence-corrected chi connectivity index (χ2v) is 5.51. The molecule has 2 aromatic rings. The normalized spacial score (nSPS) is 18.4. The number of hydrogen-bond donors (Lipinski definition) is 1. The number of nitrogens with zero attached hydrogens (tertiary/aromatic N) is 2. The Hall–Kier alpha value is -1.32. The van der Waals surface area contributed by atoms with Crippen molar-refractivity contribution >= 4 is 11.6 Å². The number of aryl methyl sites for hydroxylation is 2. The number of benzene rings is 1. The minimum atomic E-state index is 0.331. The molecule has 1 aliphatic rings. The molecule has 0 spiro atoms. The molecular weight excluding hydrogens is 258 g/mol. The SMILES string of the molecule is Cc1nn(C)c(CC2NCCc3ccccc32)c1Cl. The van der Waals surface area contributed by atoms with Gasteiger partial charge in [-0.15, -0.1) is 0 Å². The zero-order chi connectivity index (χ0) is 13.4. The quantitative estimate of drug-likeness (QED) is 0.913. The summed E-state index contributed by atoms with van der Waals surface area (Å²) in [6.45, 7) is 2.98. The van der Waals surface area contributed by atoms with E-state index in [4.69, 9.17) is 11.6 Å². The molecule has 3 rings (SSSR count). The van der Waals surface area contributed by atoms with Crippen LogP contribution in [0.4, 0.5) is 0 Å². The highest BCUT2D eigenvalue weighted by Gasteiger charge is 2.22. The molecule has 1 N–H and O–H groups in total. The van der Waals surface area contributed by atoms with Gasteiger partial charge in [0.15, 0.2) is 0 Å². The van der Waals surface area contributed by atoms with Gasteiger partial charge in [0.25, 0.3) is 0 Å². The number of rotatable bonds is 2. The van der Waals surface area contributed by atoms with Crippen LogP contribution in [0.1, 0.15) is 28.6 Å². The van der Waals surface area contributed by atoms with Gasteiger partial charge >= 0.3 is 0 Å². The van der Waals surface area contributed by atoms with Crippen molar-refractivity contribution in [2.45, 2.75) is 25.8 Å². The van der Waals surface area contributed by atoms with Crippen LogP contribution in [0.3, 0.4) is 0 Å². The van der Waals surface area contributed by atoms with Crippen molar-refractivity contribution in [2.75, 3.05) is 6.54 Å². The van der Waals surface area contributed by atoms with E-state index in [0.717, 1.165) is 35.8 Å². The minimum Gasteiger partial charge on any atom is -0.309 e. The Morgan fingerprint density at radius 1 is 1.42 bits per heavy atom. The van der Waals surface area contributed by atoms with Gasteiger partial charge in [-0.2, -0.15) is 5.10 Å². The summed E-state index contributed by atoms with van der Waals surface area (Å²) in [6.07, 6.45) is 1.98. The van der Waals surface area contributed by atoms with Crippen molar-refractivity contribution in [3.05, 3.63) is 51.8 Å². The van der Waals surface area contributed by atoms with E-state index in [1.165, 1.54) is 11.1 Å². The minimum absolute atomic E-state index is 0.331. The molecule has 19 heavy (non-hydrogen) atoms. The molecule has 1 unspecified atom stereocenters.